The van der Waals surface area contributed by atoms with Crippen molar-refractivity contribution in [3.05, 3.63) is 29.5 Å². The molecular formula is C8H5NO3S. The molecule has 0 amide bonds. The molecule has 4 nitrogen and oxygen atoms in total. The first kappa shape index (κ1) is 8.00. The Morgan fingerprint density at radius 2 is 2.38 bits per heavy atom. The molecule has 0 aromatic carbocycles. The van der Waals surface area contributed by atoms with Gasteiger partial charge in [-0.2, -0.15) is 0 Å². The zero-order valence-electron chi connectivity index (χ0n) is 6.43. The molecule has 1 N–H and O–H groups in total. The third kappa shape index (κ3) is 1.46. The molecular weight excluding hydrogens is 190 g/mol. The summed E-state index contributed by atoms with van der Waals surface area (Å²) in [7, 11) is 0. The summed E-state index contributed by atoms with van der Waals surface area (Å²) in [5, 5.41) is 12.2. The van der Waals surface area contributed by atoms with Crippen LogP contribution in [0.5, 0.6) is 0 Å². The Labute approximate surface area is 77.4 Å². The molecule has 0 aliphatic heterocycles. The fourth-order valence-electron chi connectivity index (χ4n) is 0.935. The number of hydrogen-bond acceptors (Lipinski definition) is 4. The van der Waals surface area contributed by atoms with Gasteiger partial charge in [-0.3, -0.25) is 0 Å². The smallest absolute Gasteiger partial charge is 0.345 e. The van der Waals surface area contributed by atoms with Gasteiger partial charge in [-0.05, 0) is 12.1 Å². The summed E-state index contributed by atoms with van der Waals surface area (Å²) in [6.45, 7) is 0. The first-order chi connectivity index (χ1) is 6.27. The monoisotopic (exact) mass is 195 g/mol. The topological polar surface area (TPSA) is 63.3 Å². The van der Waals surface area contributed by atoms with Gasteiger partial charge in [0.2, 0.25) is 0 Å². The Morgan fingerprint density at radius 3 is 2.92 bits per heavy atom. The van der Waals surface area contributed by atoms with E-state index in [-0.39, 0.29) is 0 Å². The number of rotatable bonds is 2. The van der Waals surface area contributed by atoms with Gasteiger partial charge in [0, 0.05) is 4.88 Å². The molecule has 5 heteroatoms. The van der Waals surface area contributed by atoms with Gasteiger partial charge in [0.25, 0.3) is 0 Å². The van der Waals surface area contributed by atoms with Crippen molar-refractivity contribution < 1.29 is 14.4 Å². The van der Waals surface area contributed by atoms with Crippen molar-refractivity contribution in [3.63, 3.8) is 0 Å². The summed E-state index contributed by atoms with van der Waals surface area (Å²) in [5.74, 6) is -0.910. The average Bonchev–Trinajstić information content (AvgIpc) is 2.75. The fraction of sp³-hybridized carbons (Fsp3) is 0. The Kier molecular flexibility index (Phi) is 1.86. The van der Waals surface area contributed by atoms with E-state index >= 15 is 0 Å². The van der Waals surface area contributed by atoms with E-state index in [9.17, 15) is 4.79 Å². The maximum Gasteiger partial charge on any atom is 0.345 e. The van der Waals surface area contributed by atoms with E-state index in [1.54, 1.807) is 18.3 Å². The predicted octanol–water partition coefficient (Wildman–Crippen LogP) is 2.10. The van der Waals surface area contributed by atoms with Gasteiger partial charge in [-0.15, -0.1) is 11.3 Å². The van der Waals surface area contributed by atoms with Crippen LogP contribution in [0.15, 0.2) is 29.1 Å². The first-order valence-electron chi connectivity index (χ1n) is 3.50. The van der Waals surface area contributed by atoms with Gasteiger partial charge in [0.15, 0.2) is 0 Å². The van der Waals surface area contributed by atoms with Crippen molar-refractivity contribution in [1.82, 2.24) is 5.16 Å². The van der Waals surface area contributed by atoms with Crippen LogP contribution in [-0.4, -0.2) is 16.2 Å². The number of carbonyl (C=O) groups is 1. The number of carboxylic acids is 1. The molecule has 0 saturated heterocycles. The van der Waals surface area contributed by atoms with E-state index in [1.807, 2.05) is 0 Å². The molecule has 0 atom stereocenters. The number of carboxylic acid groups (broad SMARTS) is 1. The van der Waals surface area contributed by atoms with Gasteiger partial charge in [0.1, 0.15) is 11.1 Å². The Hall–Kier alpha value is -1.62. The molecule has 0 spiro atoms. The van der Waals surface area contributed by atoms with Crippen molar-refractivity contribution in [1.29, 1.82) is 0 Å². The van der Waals surface area contributed by atoms with Gasteiger partial charge >= 0.3 is 5.97 Å². The number of hydrogen-bond donors (Lipinski definition) is 1. The van der Waals surface area contributed by atoms with Crippen LogP contribution in [0, 0.1) is 0 Å². The van der Waals surface area contributed by atoms with E-state index in [4.69, 9.17) is 5.11 Å². The summed E-state index contributed by atoms with van der Waals surface area (Å²) in [4.78, 5) is 11.7. The molecule has 13 heavy (non-hydrogen) atoms. The van der Waals surface area contributed by atoms with Crippen molar-refractivity contribution in [2.24, 2.45) is 0 Å². The fourth-order valence-corrected chi connectivity index (χ4v) is 1.75. The number of aromatic nitrogens is 1. The molecule has 0 aliphatic rings. The van der Waals surface area contributed by atoms with Crippen LogP contribution in [0.25, 0.3) is 10.4 Å². The molecule has 0 bridgehead atoms. The van der Waals surface area contributed by atoms with Crippen LogP contribution in [0.2, 0.25) is 0 Å². The molecule has 2 heterocycles. The van der Waals surface area contributed by atoms with E-state index < -0.39 is 5.97 Å². The standard InChI is InChI=1S/C8H5NO3S/c10-8(11)7-2-1-6(13-7)5-3-9-12-4-5/h1-4H,(H,10,11). The highest BCUT2D eigenvalue weighted by atomic mass is 32.1. The molecule has 2 aromatic heterocycles. The lowest BCUT2D eigenvalue weighted by molar-refractivity contribution is 0.0702. The molecule has 0 fully saturated rings. The Balaban J connectivity index is 2.39. The van der Waals surface area contributed by atoms with Crippen molar-refractivity contribution in [3.8, 4) is 10.4 Å². The minimum atomic E-state index is -0.910. The second-order valence-corrected chi connectivity index (χ2v) is 3.47. The molecule has 0 unspecified atom stereocenters. The largest absolute Gasteiger partial charge is 0.477 e. The zero-order chi connectivity index (χ0) is 9.26. The highest BCUT2D eigenvalue weighted by Gasteiger charge is 2.08. The van der Waals surface area contributed by atoms with E-state index in [0.29, 0.717) is 4.88 Å². The molecule has 0 aliphatic carbocycles. The normalized spacial score (nSPS) is 10.2. The average molecular weight is 195 g/mol. The van der Waals surface area contributed by atoms with E-state index in [1.165, 1.54) is 17.6 Å². The summed E-state index contributed by atoms with van der Waals surface area (Å²) >= 11 is 1.20. The summed E-state index contributed by atoms with van der Waals surface area (Å²) in [6, 6.07) is 3.30. The molecule has 66 valence electrons. The second-order valence-electron chi connectivity index (χ2n) is 2.38. The SMILES string of the molecule is O=C(O)c1ccc(-c2cnoc2)s1. The summed E-state index contributed by atoms with van der Waals surface area (Å²) in [5.41, 5.74) is 0.803. The van der Waals surface area contributed by atoms with Crippen LogP contribution >= 0.6 is 11.3 Å². The quantitative estimate of drug-likeness (QED) is 0.797. The molecule has 2 aromatic rings. The highest BCUT2D eigenvalue weighted by molar-refractivity contribution is 7.17. The zero-order valence-corrected chi connectivity index (χ0v) is 7.25. The number of aromatic carboxylic acids is 1. The third-order valence-electron chi connectivity index (χ3n) is 1.53. The van der Waals surface area contributed by atoms with Crippen LogP contribution in [0.3, 0.4) is 0 Å². The maximum atomic E-state index is 10.6. The molecule has 0 radical (unpaired) electrons. The predicted molar refractivity (Wildman–Crippen MR) is 46.8 cm³/mol. The van der Waals surface area contributed by atoms with Crippen molar-refractivity contribution in [2.45, 2.75) is 0 Å². The lowest BCUT2D eigenvalue weighted by Crippen LogP contribution is -1.89. The van der Waals surface area contributed by atoms with Gasteiger partial charge < -0.3 is 9.63 Å². The van der Waals surface area contributed by atoms with E-state index in [2.05, 4.69) is 9.68 Å². The minimum absolute atomic E-state index is 0.316. The lowest BCUT2D eigenvalue weighted by atomic mass is 10.3. The number of nitrogens with zero attached hydrogens (tertiary/aromatic N) is 1. The van der Waals surface area contributed by atoms with Crippen LogP contribution < -0.4 is 0 Å². The van der Waals surface area contributed by atoms with Crippen molar-refractivity contribution in [2.75, 3.05) is 0 Å². The van der Waals surface area contributed by atoms with Gasteiger partial charge in [0.05, 0.1) is 11.8 Å². The second kappa shape index (κ2) is 3.02. The van der Waals surface area contributed by atoms with Crippen LogP contribution in [-0.2, 0) is 0 Å². The molecule has 0 saturated carbocycles. The maximum absolute atomic E-state index is 10.6. The lowest BCUT2D eigenvalue weighted by Gasteiger charge is -1.85. The first-order valence-corrected chi connectivity index (χ1v) is 4.32. The van der Waals surface area contributed by atoms with Crippen molar-refractivity contribution >= 4 is 17.3 Å². The van der Waals surface area contributed by atoms with Crippen LogP contribution in [0.1, 0.15) is 9.67 Å². The Bertz CT molecular complexity index is 418. The summed E-state index contributed by atoms with van der Waals surface area (Å²) < 4.78 is 4.65. The minimum Gasteiger partial charge on any atom is -0.477 e. The highest BCUT2D eigenvalue weighted by Crippen LogP contribution is 2.27. The van der Waals surface area contributed by atoms with Gasteiger partial charge in [-0.25, -0.2) is 4.79 Å². The number of thiophene rings is 1. The van der Waals surface area contributed by atoms with E-state index in [0.717, 1.165) is 10.4 Å². The summed E-state index contributed by atoms with van der Waals surface area (Å²) in [6.07, 6.45) is 3.04. The van der Waals surface area contributed by atoms with Crippen LogP contribution in [0.4, 0.5) is 0 Å². The Morgan fingerprint density at radius 1 is 1.54 bits per heavy atom. The van der Waals surface area contributed by atoms with Gasteiger partial charge in [-0.1, -0.05) is 5.16 Å². The third-order valence-corrected chi connectivity index (χ3v) is 2.66. The molecule has 2 rings (SSSR count).